The lowest BCUT2D eigenvalue weighted by Gasteiger charge is -2.11. The van der Waals surface area contributed by atoms with Crippen molar-refractivity contribution < 1.29 is 13.2 Å². The molecule has 0 aliphatic heterocycles. The number of nitrogens with one attached hydrogen (secondary N) is 3. The first kappa shape index (κ1) is 10.1. The molecule has 0 saturated carbocycles. The van der Waals surface area contributed by atoms with E-state index in [1.165, 1.54) is 0 Å². The van der Waals surface area contributed by atoms with Crippen LogP contribution in [0.25, 0.3) is 0 Å². The van der Waals surface area contributed by atoms with Gasteiger partial charge in [0.15, 0.2) is 5.96 Å². The SMILES string of the molecule is CCCNC(=N)NC(F)(F)F. The van der Waals surface area contributed by atoms with Gasteiger partial charge in [0.1, 0.15) is 0 Å². The van der Waals surface area contributed by atoms with Crippen molar-refractivity contribution in [2.75, 3.05) is 6.54 Å². The minimum atomic E-state index is -4.52. The van der Waals surface area contributed by atoms with E-state index in [0.717, 1.165) is 5.32 Å². The van der Waals surface area contributed by atoms with Crippen LogP contribution in [-0.2, 0) is 0 Å². The Morgan fingerprint density at radius 2 is 2.00 bits per heavy atom. The topological polar surface area (TPSA) is 47.9 Å². The average Bonchev–Trinajstić information content (AvgIpc) is 1.79. The van der Waals surface area contributed by atoms with Gasteiger partial charge in [0, 0.05) is 6.54 Å². The number of guanidine groups is 1. The van der Waals surface area contributed by atoms with Gasteiger partial charge in [-0.25, -0.2) is 0 Å². The van der Waals surface area contributed by atoms with Gasteiger partial charge in [-0.1, -0.05) is 6.92 Å². The summed E-state index contributed by atoms with van der Waals surface area (Å²) in [6.45, 7) is 2.16. The van der Waals surface area contributed by atoms with Crippen LogP contribution in [0.3, 0.4) is 0 Å². The van der Waals surface area contributed by atoms with Gasteiger partial charge < -0.3 is 5.32 Å². The van der Waals surface area contributed by atoms with Crippen LogP contribution in [0.1, 0.15) is 13.3 Å². The fourth-order valence-electron chi connectivity index (χ4n) is 0.436. The number of hydrogen-bond acceptors (Lipinski definition) is 1. The standard InChI is InChI=1S/C5H10F3N3/c1-2-3-10-4(9)11-5(6,7)8/h2-3H2,1H3,(H3,9,10,11). The third kappa shape index (κ3) is 6.95. The fourth-order valence-corrected chi connectivity index (χ4v) is 0.436. The highest BCUT2D eigenvalue weighted by Crippen LogP contribution is 2.08. The third-order valence-electron chi connectivity index (χ3n) is 0.819. The molecule has 0 aromatic heterocycles. The van der Waals surface area contributed by atoms with Crippen molar-refractivity contribution >= 4 is 5.96 Å². The van der Waals surface area contributed by atoms with E-state index in [9.17, 15) is 13.2 Å². The molecule has 66 valence electrons. The minimum absolute atomic E-state index is 0.363. The van der Waals surface area contributed by atoms with E-state index in [-0.39, 0.29) is 0 Å². The lowest BCUT2D eigenvalue weighted by Crippen LogP contribution is -2.44. The van der Waals surface area contributed by atoms with Crippen molar-refractivity contribution in [1.82, 2.24) is 10.6 Å². The van der Waals surface area contributed by atoms with Crippen LogP contribution in [0.4, 0.5) is 13.2 Å². The maximum Gasteiger partial charge on any atom is 0.484 e. The summed E-state index contributed by atoms with van der Waals surface area (Å²) in [5.74, 6) is -0.709. The maximum atomic E-state index is 11.4. The Balaban J connectivity index is 3.53. The van der Waals surface area contributed by atoms with Gasteiger partial charge >= 0.3 is 6.30 Å². The van der Waals surface area contributed by atoms with Crippen molar-refractivity contribution in [3.63, 3.8) is 0 Å². The highest BCUT2D eigenvalue weighted by Gasteiger charge is 2.28. The summed E-state index contributed by atoms with van der Waals surface area (Å²) in [7, 11) is 0. The molecule has 0 saturated heterocycles. The summed E-state index contributed by atoms with van der Waals surface area (Å²) in [5.41, 5.74) is 0. The molecule has 3 nitrogen and oxygen atoms in total. The zero-order chi connectivity index (χ0) is 8.91. The van der Waals surface area contributed by atoms with E-state index >= 15 is 0 Å². The van der Waals surface area contributed by atoms with Crippen LogP contribution in [0, 0.1) is 5.41 Å². The second-order valence-electron chi connectivity index (χ2n) is 1.92. The molecule has 0 atom stereocenters. The highest BCUT2D eigenvalue weighted by molar-refractivity contribution is 5.76. The Bertz CT molecular complexity index is 131. The summed E-state index contributed by atoms with van der Waals surface area (Å²) in [5, 5.41) is 9.97. The zero-order valence-electron chi connectivity index (χ0n) is 6.05. The molecule has 0 amide bonds. The molecule has 0 radical (unpaired) electrons. The second-order valence-corrected chi connectivity index (χ2v) is 1.92. The van der Waals surface area contributed by atoms with Gasteiger partial charge in [-0.2, -0.15) is 13.2 Å². The van der Waals surface area contributed by atoms with Gasteiger partial charge in [0.2, 0.25) is 0 Å². The van der Waals surface area contributed by atoms with Crippen molar-refractivity contribution in [1.29, 1.82) is 5.41 Å². The first-order valence-electron chi connectivity index (χ1n) is 3.13. The van der Waals surface area contributed by atoms with Gasteiger partial charge in [-0.15, -0.1) is 0 Å². The monoisotopic (exact) mass is 169 g/mol. The zero-order valence-corrected chi connectivity index (χ0v) is 6.05. The molecular formula is C5H10F3N3. The quantitative estimate of drug-likeness (QED) is 0.328. The molecule has 0 rings (SSSR count). The van der Waals surface area contributed by atoms with Crippen LogP contribution < -0.4 is 10.6 Å². The molecule has 0 aromatic carbocycles. The molecule has 0 bridgehead atoms. The maximum absolute atomic E-state index is 11.4. The van der Waals surface area contributed by atoms with E-state index < -0.39 is 12.3 Å². The van der Waals surface area contributed by atoms with E-state index in [0.29, 0.717) is 13.0 Å². The summed E-state index contributed by atoms with van der Waals surface area (Å²) in [6.07, 6.45) is -3.83. The number of halogens is 3. The third-order valence-corrected chi connectivity index (χ3v) is 0.819. The minimum Gasteiger partial charge on any atom is -0.356 e. The molecule has 0 aliphatic rings. The summed E-state index contributed by atoms with van der Waals surface area (Å²) in [4.78, 5) is 0. The number of rotatable bonds is 2. The smallest absolute Gasteiger partial charge is 0.356 e. The predicted molar refractivity (Wildman–Crippen MR) is 35.2 cm³/mol. The Kier molecular flexibility index (Phi) is 3.70. The second kappa shape index (κ2) is 4.05. The molecule has 0 spiro atoms. The van der Waals surface area contributed by atoms with E-state index in [2.05, 4.69) is 5.32 Å². The molecule has 0 aliphatic carbocycles. The molecular weight excluding hydrogens is 159 g/mol. The predicted octanol–water partition coefficient (Wildman–Crippen LogP) is 1.03. The first-order chi connectivity index (χ1) is 4.95. The first-order valence-corrected chi connectivity index (χ1v) is 3.13. The average molecular weight is 169 g/mol. The lowest BCUT2D eigenvalue weighted by molar-refractivity contribution is -0.142. The summed E-state index contributed by atoms with van der Waals surface area (Å²) < 4.78 is 34.3. The van der Waals surface area contributed by atoms with Gasteiger partial charge in [0.05, 0.1) is 0 Å². The highest BCUT2D eigenvalue weighted by atomic mass is 19.4. The molecule has 0 aromatic rings. The van der Waals surface area contributed by atoms with Gasteiger partial charge in [-0.3, -0.25) is 10.7 Å². The number of hydrogen-bond donors (Lipinski definition) is 3. The largest absolute Gasteiger partial charge is 0.484 e. The van der Waals surface area contributed by atoms with Crippen LogP contribution in [0.5, 0.6) is 0 Å². The Hall–Kier alpha value is -0.940. The van der Waals surface area contributed by atoms with E-state index in [4.69, 9.17) is 5.41 Å². The molecule has 6 heteroatoms. The summed E-state index contributed by atoms with van der Waals surface area (Å²) in [6, 6.07) is 0. The van der Waals surface area contributed by atoms with Crippen molar-refractivity contribution in [3.8, 4) is 0 Å². The lowest BCUT2D eigenvalue weighted by atomic mass is 10.5. The Morgan fingerprint density at radius 3 is 2.36 bits per heavy atom. The molecule has 3 N–H and O–H groups in total. The van der Waals surface area contributed by atoms with Crippen LogP contribution >= 0.6 is 0 Å². The van der Waals surface area contributed by atoms with Crippen molar-refractivity contribution in [2.45, 2.75) is 19.6 Å². The van der Waals surface area contributed by atoms with Crippen LogP contribution in [-0.4, -0.2) is 18.8 Å². The Labute approximate surface area is 62.5 Å². The summed E-state index contributed by atoms with van der Waals surface area (Å²) >= 11 is 0. The van der Waals surface area contributed by atoms with Crippen molar-refractivity contribution in [3.05, 3.63) is 0 Å². The normalized spacial score (nSPS) is 10.9. The van der Waals surface area contributed by atoms with Crippen LogP contribution in [0.2, 0.25) is 0 Å². The van der Waals surface area contributed by atoms with Gasteiger partial charge in [-0.05, 0) is 6.42 Å². The molecule has 0 fully saturated rings. The van der Waals surface area contributed by atoms with E-state index in [1.807, 2.05) is 0 Å². The van der Waals surface area contributed by atoms with Crippen LogP contribution in [0.15, 0.2) is 0 Å². The Morgan fingerprint density at radius 1 is 1.45 bits per heavy atom. The number of alkyl halides is 3. The fraction of sp³-hybridized carbons (Fsp3) is 0.800. The van der Waals surface area contributed by atoms with Gasteiger partial charge in [0.25, 0.3) is 0 Å². The molecule has 0 unspecified atom stereocenters. The molecule has 11 heavy (non-hydrogen) atoms. The molecule has 0 heterocycles. The van der Waals surface area contributed by atoms with Crippen molar-refractivity contribution in [2.24, 2.45) is 0 Å². The van der Waals surface area contributed by atoms with E-state index in [1.54, 1.807) is 6.92 Å².